The highest BCUT2D eigenvalue weighted by atomic mass is 16.5. The molecule has 1 saturated heterocycles. The second kappa shape index (κ2) is 14.3. The fourth-order valence-electron chi connectivity index (χ4n) is 4.39. The Bertz CT molecular complexity index is 254. The van der Waals surface area contributed by atoms with Crippen molar-refractivity contribution in [2.24, 2.45) is 11.8 Å². The molecule has 3 atom stereocenters. The summed E-state index contributed by atoms with van der Waals surface area (Å²) < 4.78 is 5.63. The summed E-state index contributed by atoms with van der Waals surface area (Å²) in [5.41, 5.74) is 0.219. The Morgan fingerprint density at radius 2 is 1.57 bits per heavy atom. The molecule has 0 aliphatic carbocycles. The van der Waals surface area contributed by atoms with Gasteiger partial charge >= 0.3 is 0 Å². The summed E-state index contributed by atoms with van der Waals surface area (Å²) in [6.45, 7) is 21.9. The fourth-order valence-corrected chi connectivity index (χ4v) is 4.39. The number of ether oxygens (including phenoxy) is 1. The van der Waals surface area contributed by atoms with Crippen LogP contribution in [-0.2, 0) is 4.74 Å². The summed E-state index contributed by atoms with van der Waals surface area (Å²) in [5.74, 6) is 1.67. The number of hydrogen-bond acceptors (Lipinski definition) is 2. The Hall–Kier alpha value is -0.0800. The highest BCUT2D eigenvalue weighted by Crippen LogP contribution is 2.43. The molecule has 23 heavy (non-hydrogen) atoms. The summed E-state index contributed by atoms with van der Waals surface area (Å²) in [6, 6.07) is 0.613. The van der Waals surface area contributed by atoms with Crippen LogP contribution in [0.25, 0.3) is 0 Å². The van der Waals surface area contributed by atoms with Gasteiger partial charge in [0, 0.05) is 18.7 Å². The number of likely N-dealkylation sites (tertiary alicyclic amines) is 1. The minimum absolute atomic E-state index is 0.219. The third-order valence-electron chi connectivity index (χ3n) is 5.08. The molecule has 1 rings (SSSR count). The first-order valence-corrected chi connectivity index (χ1v) is 10.3. The number of piperidine rings is 1. The van der Waals surface area contributed by atoms with E-state index in [1.54, 1.807) is 0 Å². The SMILES string of the molecule is CC.CC.CCCC1CCN(C(C)C)C(C)(COC)C1CCC. The average Bonchev–Trinajstić information content (AvgIpc) is 2.55. The van der Waals surface area contributed by atoms with Crippen LogP contribution < -0.4 is 0 Å². The molecule has 0 radical (unpaired) electrons. The van der Waals surface area contributed by atoms with E-state index in [1.807, 2.05) is 34.8 Å². The summed E-state index contributed by atoms with van der Waals surface area (Å²) in [5, 5.41) is 0. The van der Waals surface area contributed by atoms with Crippen molar-refractivity contribution in [3.63, 3.8) is 0 Å². The molecule has 1 aliphatic rings. The van der Waals surface area contributed by atoms with E-state index in [0.717, 1.165) is 18.4 Å². The maximum Gasteiger partial charge on any atom is 0.0646 e. The lowest BCUT2D eigenvalue weighted by Crippen LogP contribution is -2.62. The number of rotatable bonds is 7. The van der Waals surface area contributed by atoms with E-state index in [0.29, 0.717) is 6.04 Å². The third-order valence-corrected chi connectivity index (χ3v) is 5.08. The zero-order valence-electron chi connectivity index (χ0n) is 18.0. The predicted molar refractivity (Wildman–Crippen MR) is 106 cm³/mol. The first kappa shape index (κ1) is 25.2. The quantitative estimate of drug-likeness (QED) is 0.536. The van der Waals surface area contributed by atoms with E-state index in [1.165, 1.54) is 38.6 Å². The number of methoxy groups -OCH3 is 1. The second-order valence-corrected chi connectivity index (χ2v) is 6.81. The maximum absolute atomic E-state index is 5.63. The van der Waals surface area contributed by atoms with Crippen molar-refractivity contribution < 1.29 is 4.74 Å². The summed E-state index contributed by atoms with van der Waals surface area (Å²) in [4.78, 5) is 2.70. The van der Waals surface area contributed by atoms with Crippen molar-refractivity contribution in [3.05, 3.63) is 0 Å². The van der Waals surface area contributed by atoms with E-state index in [2.05, 4.69) is 39.5 Å². The second-order valence-electron chi connectivity index (χ2n) is 6.81. The standard InChI is InChI=1S/C17H35NO.2C2H6/c1-7-9-15-11-12-18(14(3)4)17(5,13-19-6)16(15)10-8-2;2*1-2/h14-16H,7-13H2,1-6H3;2*1-2H3. The van der Waals surface area contributed by atoms with Crippen LogP contribution in [0.5, 0.6) is 0 Å². The van der Waals surface area contributed by atoms with Crippen LogP contribution in [0.3, 0.4) is 0 Å². The molecule has 1 fully saturated rings. The first-order valence-electron chi connectivity index (χ1n) is 10.3. The topological polar surface area (TPSA) is 12.5 Å². The Balaban J connectivity index is 0. The molecule has 0 aromatic carbocycles. The van der Waals surface area contributed by atoms with Crippen molar-refractivity contribution in [1.82, 2.24) is 4.90 Å². The first-order chi connectivity index (χ1) is 11.0. The van der Waals surface area contributed by atoms with E-state index in [-0.39, 0.29) is 5.54 Å². The molecule has 0 bridgehead atoms. The normalized spacial score (nSPS) is 27.8. The van der Waals surface area contributed by atoms with Gasteiger partial charge in [0.1, 0.15) is 0 Å². The molecule has 0 saturated carbocycles. The molecular formula is C21H47NO. The van der Waals surface area contributed by atoms with Gasteiger partial charge in [-0.15, -0.1) is 0 Å². The van der Waals surface area contributed by atoms with Crippen molar-refractivity contribution in [2.75, 3.05) is 20.3 Å². The van der Waals surface area contributed by atoms with Crippen LogP contribution >= 0.6 is 0 Å². The summed E-state index contributed by atoms with van der Waals surface area (Å²) >= 11 is 0. The van der Waals surface area contributed by atoms with E-state index in [9.17, 15) is 0 Å². The Kier molecular flexibility index (Phi) is 15.6. The highest BCUT2D eigenvalue weighted by Gasteiger charge is 2.46. The Morgan fingerprint density at radius 3 is 1.96 bits per heavy atom. The Labute approximate surface area is 148 Å². The zero-order valence-corrected chi connectivity index (χ0v) is 18.0. The van der Waals surface area contributed by atoms with Gasteiger partial charge in [-0.05, 0) is 52.0 Å². The molecule has 3 unspecified atom stereocenters. The minimum atomic E-state index is 0.219. The van der Waals surface area contributed by atoms with Crippen molar-refractivity contribution in [2.45, 2.75) is 106 Å². The molecule has 0 N–H and O–H groups in total. The van der Waals surface area contributed by atoms with Gasteiger partial charge in [0.05, 0.1) is 6.61 Å². The Morgan fingerprint density at radius 1 is 1.04 bits per heavy atom. The molecule has 0 aromatic rings. The predicted octanol–water partition coefficient (Wildman–Crippen LogP) is 6.39. The van der Waals surface area contributed by atoms with Crippen LogP contribution in [0.15, 0.2) is 0 Å². The molecular weight excluding hydrogens is 282 g/mol. The van der Waals surface area contributed by atoms with Gasteiger partial charge < -0.3 is 4.74 Å². The molecule has 1 heterocycles. The van der Waals surface area contributed by atoms with Gasteiger partial charge in [-0.2, -0.15) is 0 Å². The molecule has 2 nitrogen and oxygen atoms in total. The lowest BCUT2D eigenvalue weighted by Gasteiger charge is -2.55. The van der Waals surface area contributed by atoms with Crippen LogP contribution in [0.4, 0.5) is 0 Å². The van der Waals surface area contributed by atoms with Crippen molar-refractivity contribution >= 4 is 0 Å². The smallest absolute Gasteiger partial charge is 0.0646 e. The van der Waals surface area contributed by atoms with Gasteiger partial charge in [0.25, 0.3) is 0 Å². The molecule has 0 aromatic heterocycles. The lowest BCUT2D eigenvalue weighted by molar-refractivity contribution is -0.0891. The van der Waals surface area contributed by atoms with E-state index in [4.69, 9.17) is 4.74 Å². The maximum atomic E-state index is 5.63. The van der Waals surface area contributed by atoms with Gasteiger partial charge in [-0.25, -0.2) is 0 Å². The molecule has 1 aliphatic heterocycles. The highest BCUT2D eigenvalue weighted by molar-refractivity contribution is 5.00. The fraction of sp³-hybridized carbons (Fsp3) is 1.00. The molecule has 0 spiro atoms. The van der Waals surface area contributed by atoms with Crippen LogP contribution in [-0.4, -0.2) is 36.7 Å². The van der Waals surface area contributed by atoms with Crippen molar-refractivity contribution in [3.8, 4) is 0 Å². The molecule has 0 amide bonds. The van der Waals surface area contributed by atoms with Gasteiger partial charge in [-0.1, -0.05) is 60.8 Å². The minimum Gasteiger partial charge on any atom is -0.383 e. The summed E-state index contributed by atoms with van der Waals surface area (Å²) in [6.07, 6.45) is 6.70. The van der Waals surface area contributed by atoms with Gasteiger partial charge in [-0.3, -0.25) is 4.90 Å². The molecule has 142 valence electrons. The van der Waals surface area contributed by atoms with E-state index >= 15 is 0 Å². The number of nitrogens with zero attached hydrogens (tertiary/aromatic N) is 1. The number of hydrogen-bond donors (Lipinski definition) is 0. The van der Waals surface area contributed by atoms with Crippen LogP contribution in [0.1, 0.15) is 94.4 Å². The largest absolute Gasteiger partial charge is 0.383 e. The van der Waals surface area contributed by atoms with Crippen molar-refractivity contribution in [1.29, 1.82) is 0 Å². The third kappa shape index (κ3) is 7.13. The molecule has 2 heteroatoms. The van der Waals surface area contributed by atoms with Gasteiger partial charge in [0.15, 0.2) is 0 Å². The zero-order chi connectivity index (χ0) is 18.5. The monoisotopic (exact) mass is 329 g/mol. The van der Waals surface area contributed by atoms with Crippen LogP contribution in [0, 0.1) is 11.8 Å². The van der Waals surface area contributed by atoms with Gasteiger partial charge in [0.2, 0.25) is 0 Å². The summed E-state index contributed by atoms with van der Waals surface area (Å²) in [7, 11) is 1.86. The lowest BCUT2D eigenvalue weighted by atomic mass is 9.67. The van der Waals surface area contributed by atoms with E-state index < -0.39 is 0 Å². The average molecular weight is 330 g/mol. The van der Waals surface area contributed by atoms with Crippen LogP contribution in [0.2, 0.25) is 0 Å².